The number of para-hydroxylation sites is 2. The van der Waals surface area contributed by atoms with E-state index >= 15 is 0 Å². The molecule has 234 valence electrons. The highest BCUT2D eigenvalue weighted by Crippen LogP contribution is 2.65. The Kier molecular flexibility index (Phi) is 6.20. The van der Waals surface area contributed by atoms with Gasteiger partial charge in [-0.3, -0.25) is 0 Å². The fraction of sp³-hybridized carbons (Fsp3) is 0.0870. The van der Waals surface area contributed by atoms with Crippen LogP contribution in [0.5, 0.6) is 0 Å². The third-order valence-electron chi connectivity index (χ3n) is 11.0. The van der Waals surface area contributed by atoms with Gasteiger partial charge in [-0.2, -0.15) is 0 Å². The van der Waals surface area contributed by atoms with Crippen LogP contribution in [-0.4, -0.2) is 0 Å². The second kappa shape index (κ2) is 10.5. The summed E-state index contributed by atoms with van der Waals surface area (Å²) in [7, 11) is 0. The third-order valence-corrected chi connectivity index (χ3v) is 12.5. The molecule has 49 heavy (non-hydrogen) atoms. The lowest BCUT2D eigenvalue weighted by molar-refractivity contribution is 0.654. The number of fused-ring (bicyclic) bond motifs is 12. The molecule has 0 aromatic heterocycles. The molecule has 0 N–H and O–H groups in total. The van der Waals surface area contributed by atoms with Crippen LogP contribution in [-0.2, 0) is 10.8 Å². The van der Waals surface area contributed by atoms with Crippen LogP contribution in [0.4, 0.5) is 17.1 Å². The maximum absolute atomic E-state index is 7.06. The number of benzene rings is 7. The van der Waals surface area contributed by atoms with E-state index < -0.39 is 5.41 Å². The van der Waals surface area contributed by atoms with Crippen molar-refractivity contribution in [2.75, 3.05) is 4.90 Å². The van der Waals surface area contributed by atoms with Crippen LogP contribution >= 0.6 is 23.4 Å². The second-order valence-electron chi connectivity index (χ2n) is 13.8. The standard InChI is InChI=1S/C46H32ClNS/c1-45(2)36-23-13-25-40(47)43(36)33-27-39-42(28-38(33)45)49-44-37(46(39)34-21-11-9-19-31(34)32-20-10-12-22-35(32)46)24-14-26-41(44)48(29-15-5-3-6-16-29)30-17-7-4-8-18-30/h3-28H,1-2H3. The van der Waals surface area contributed by atoms with Crippen molar-refractivity contribution in [2.24, 2.45) is 0 Å². The van der Waals surface area contributed by atoms with Gasteiger partial charge in [0.2, 0.25) is 0 Å². The predicted molar refractivity (Wildman–Crippen MR) is 205 cm³/mol. The van der Waals surface area contributed by atoms with Crippen LogP contribution in [0.2, 0.25) is 5.02 Å². The lowest BCUT2D eigenvalue weighted by Gasteiger charge is -2.42. The molecule has 2 aliphatic carbocycles. The number of hydrogen-bond acceptors (Lipinski definition) is 2. The van der Waals surface area contributed by atoms with Gasteiger partial charge in [0.25, 0.3) is 0 Å². The Morgan fingerprint density at radius 2 is 1.04 bits per heavy atom. The first-order valence-electron chi connectivity index (χ1n) is 16.9. The van der Waals surface area contributed by atoms with E-state index in [1.807, 2.05) is 17.8 Å². The predicted octanol–water partition coefficient (Wildman–Crippen LogP) is 12.9. The number of rotatable bonds is 3. The zero-order valence-corrected chi connectivity index (χ0v) is 28.8. The molecule has 0 unspecified atom stereocenters. The van der Waals surface area contributed by atoms with Gasteiger partial charge in [0, 0.05) is 37.2 Å². The van der Waals surface area contributed by atoms with E-state index in [9.17, 15) is 0 Å². The summed E-state index contributed by atoms with van der Waals surface area (Å²) in [4.78, 5) is 4.99. The minimum Gasteiger partial charge on any atom is -0.309 e. The molecule has 0 amide bonds. The zero-order valence-electron chi connectivity index (χ0n) is 27.2. The minimum absolute atomic E-state index is 0.177. The Morgan fingerprint density at radius 3 is 1.69 bits per heavy atom. The lowest BCUT2D eigenvalue weighted by Crippen LogP contribution is -2.33. The van der Waals surface area contributed by atoms with E-state index in [0.29, 0.717) is 0 Å². The molecule has 1 nitrogen and oxygen atoms in total. The molecule has 0 atom stereocenters. The smallest absolute Gasteiger partial charge is 0.0736 e. The van der Waals surface area contributed by atoms with Gasteiger partial charge in [0.15, 0.2) is 0 Å². The molecule has 1 spiro atoms. The minimum atomic E-state index is -0.513. The van der Waals surface area contributed by atoms with E-state index in [4.69, 9.17) is 11.6 Å². The molecule has 7 aromatic carbocycles. The third kappa shape index (κ3) is 3.85. The maximum Gasteiger partial charge on any atom is 0.0736 e. The van der Waals surface area contributed by atoms with Crippen molar-refractivity contribution in [3.63, 3.8) is 0 Å². The van der Waals surface area contributed by atoms with Gasteiger partial charge >= 0.3 is 0 Å². The average molecular weight is 666 g/mol. The van der Waals surface area contributed by atoms with Crippen molar-refractivity contribution >= 4 is 40.4 Å². The largest absolute Gasteiger partial charge is 0.309 e. The zero-order chi connectivity index (χ0) is 32.9. The van der Waals surface area contributed by atoms with Crippen molar-refractivity contribution in [1.29, 1.82) is 0 Å². The van der Waals surface area contributed by atoms with Crippen LogP contribution in [0.3, 0.4) is 0 Å². The van der Waals surface area contributed by atoms with Gasteiger partial charge in [-0.05, 0) is 98.6 Å². The Hall–Kier alpha value is -5.02. The Labute approximate surface area is 296 Å². The van der Waals surface area contributed by atoms with Gasteiger partial charge in [-0.25, -0.2) is 0 Å². The highest BCUT2D eigenvalue weighted by atomic mass is 35.5. The normalized spacial score (nSPS) is 15.1. The summed E-state index contributed by atoms with van der Waals surface area (Å²) >= 11 is 8.98. The number of anilines is 3. The summed E-state index contributed by atoms with van der Waals surface area (Å²) in [5.41, 5.74) is 15.7. The molecule has 7 aromatic rings. The highest BCUT2D eigenvalue weighted by molar-refractivity contribution is 7.99. The summed E-state index contributed by atoms with van der Waals surface area (Å²) in [5.74, 6) is 0. The summed E-state index contributed by atoms with van der Waals surface area (Å²) in [5, 5.41) is 0.818. The Morgan fingerprint density at radius 1 is 0.490 bits per heavy atom. The SMILES string of the molecule is CC1(C)c2cc3c(cc2-c2c(Cl)cccc21)C1(c2ccccc2-c2ccccc21)c1cccc(N(c2ccccc2)c2ccccc2)c1S3. The first kappa shape index (κ1) is 28.9. The summed E-state index contributed by atoms with van der Waals surface area (Å²) in [6.07, 6.45) is 0. The molecule has 0 saturated heterocycles. The van der Waals surface area contributed by atoms with Crippen molar-refractivity contribution < 1.29 is 0 Å². The Balaban J connectivity index is 1.34. The second-order valence-corrected chi connectivity index (χ2v) is 15.2. The first-order valence-corrected chi connectivity index (χ1v) is 18.1. The Bertz CT molecular complexity index is 2380. The van der Waals surface area contributed by atoms with Crippen LogP contribution in [0.25, 0.3) is 22.3 Å². The van der Waals surface area contributed by atoms with Gasteiger partial charge < -0.3 is 4.90 Å². The summed E-state index contributed by atoms with van der Waals surface area (Å²) in [6.45, 7) is 4.69. The van der Waals surface area contributed by atoms with E-state index in [1.54, 1.807) is 0 Å². The molecule has 0 radical (unpaired) electrons. The fourth-order valence-corrected chi connectivity index (χ4v) is 10.5. The summed E-state index contributed by atoms with van der Waals surface area (Å²) < 4.78 is 0. The summed E-state index contributed by atoms with van der Waals surface area (Å²) in [6, 6.07) is 57.9. The molecule has 1 heterocycles. The molecule has 3 heteroatoms. The van der Waals surface area contributed by atoms with Crippen LogP contribution in [0, 0.1) is 0 Å². The quantitative estimate of drug-likeness (QED) is 0.185. The molecule has 0 fully saturated rings. The molecule has 3 aliphatic rings. The monoisotopic (exact) mass is 665 g/mol. The van der Waals surface area contributed by atoms with Gasteiger partial charge in [0.05, 0.1) is 11.1 Å². The van der Waals surface area contributed by atoms with E-state index in [0.717, 1.165) is 16.4 Å². The number of halogens is 1. The van der Waals surface area contributed by atoms with E-state index in [1.165, 1.54) is 71.1 Å². The first-order chi connectivity index (χ1) is 24.0. The molecule has 1 aliphatic heterocycles. The molecular weight excluding hydrogens is 634 g/mol. The number of nitrogens with zero attached hydrogens (tertiary/aromatic N) is 1. The molecule has 10 rings (SSSR count). The topological polar surface area (TPSA) is 3.24 Å². The number of hydrogen-bond donors (Lipinski definition) is 0. The maximum atomic E-state index is 7.06. The van der Waals surface area contributed by atoms with Crippen molar-refractivity contribution in [1.82, 2.24) is 0 Å². The van der Waals surface area contributed by atoms with Crippen LogP contribution in [0.1, 0.15) is 47.2 Å². The highest BCUT2D eigenvalue weighted by Gasteiger charge is 2.52. The fourth-order valence-electron chi connectivity index (χ4n) is 8.90. The van der Waals surface area contributed by atoms with Crippen molar-refractivity contribution in [2.45, 2.75) is 34.5 Å². The van der Waals surface area contributed by atoms with Crippen molar-refractivity contribution in [3.05, 3.63) is 196 Å². The van der Waals surface area contributed by atoms with Crippen LogP contribution < -0.4 is 4.90 Å². The molecular formula is C46H32ClNS. The van der Waals surface area contributed by atoms with E-state index in [2.05, 4.69) is 170 Å². The lowest BCUT2D eigenvalue weighted by atomic mass is 9.66. The van der Waals surface area contributed by atoms with Gasteiger partial charge in [-0.1, -0.05) is 146 Å². The molecule has 0 saturated carbocycles. The van der Waals surface area contributed by atoms with Gasteiger partial charge in [-0.15, -0.1) is 0 Å². The average Bonchev–Trinajstić information content (AvgIpc) is 3.55. The van der Waals surface area contributed by atoms with Gasteiger partial charge in [0.1, 0.15) is 0 Å². The van der Waals surface area contributed by atoms with E-state index in [-0.39, 0.29) is 5.41 Å². The van der Waals surface area contributed by atoms with Crippen LogP contribution in [0.15, 0.2) is 168 Å². The van der Waals surface area contributed by atoms with Crippen molar-refractivity contribution in [3.8, 4) is 22.3 Å². The molecule has 0 bridgehead atoms.